The quantitative estimate of drug-likeness (QED) is 0.472. The highest BCUT2D eigenvalue weighted by Gasteiger charge is 1.97. The molecule has 0 unspecified atom stereocenters. The maximum absolute atomic E-state index is 12.8. The molecule has 14 heavy (non-hydrogen) atoms. The van der Waals surface area contributed by atoms with Crippen LogP contribution in [0.15, 0.2) is 34.2 Å². The summed E-state index contributed by atoms with van der Waals surface area (Å²) in [5.74, 6) is 0.986. The minimum absolute atomic E-state index is 0.221. The van der Waals surface area contributed by atoms with Gasteiger partial charge in [0, 0.05) is 11.4 Å². The molecular weight excluding hydrogens is 199 g/mol. The topological polar surface area (TPSA) is 38.4 Å². The minimum atomic E-state index is -0.221. The van der Waals surface area contributed by atoms with E-state index in [4.69, 9.17) is 5.73 Å². The van der Waals surface area contributed by atoms with Crippen LogP contribution in [0.4, 0.5) is 4.39 Å². The van der Waals surface area contributed by atoms with E-state index in [0.29, 0.717) is 18.1 Å². The molecule has 0 spiro atoms. The monoisotopic (exact) mass is 212 g/mol. The molecule has 2 nitrogen and oxygen atoms in total. The number of aliphatic imine (C=N–C) groups is 1. The van der Waals surface area contributed by atoms with Gasteiger partial charge in [0.05, 0.1) is 5.75 Å². The Morgan fingerprint density at radius 1 is 1.57 bits per heavy atom. The molecule has 2 N–H and O–H groups in total. The summed E-state index contributed by atoms with van der Waals surface area (Å²) in [5.41, 5.74) is 5.61. The highest BCUT2D eigenvalue weighted by Crippen LogP contribution is 2.17. The minimum Gasteiger partial charge on any atom is -0.387 e. The van der Waals surface area contributed by atoms with Gasteiger partial charge in [-0.25, -0.2) is 4.39 Å². The lowest BCUT2D eigenvalue weighted by atomic mass is 10.4. The number of halogens is 1. The van der Waals surface area contributed by atoms with Crippen LogP contribution in [-0.4, -0.2) is 18.1 Å². The summed E-state index contributed by atoms with van der Waals surface area (Å²) in [6.45, 7) is 2.62. The molecule has 1 aromatic carbocycles. The molecule has 0 amide bonds. The Morgan fingerprint density at radius 2 is 2.36 bits per heavy atom. The van der Waals surface area contributed by atoms with Crippen molar-refractivity contribution in [3.8, 4) is 0 Å². The maximum atomic E-state index is 12.8. The molecule has 0 aliphatic carbocycles. The normalized spacial score (nSPS) is 11.7. The number of benzene rings is 1. The second-order valence-electron chi connectivity index (χ2n) is 2.71. The SMILES string of the molecule is CCN=C(N)CSc1cccc(F)c1. The number of rotatable bonds is 4. The molecule has 0 saturated heterocycles. The molecule has 0 fully saturated rings. The van der Waals surface area contributed by atoms with Crippen molar-refractivity contribution < 1.29 is 4.39 Å². The van der Waals surface area contributed by atoms with E-state index in [1.165, 1.54) is 23.9 Å². The van der Waals surface area contributed by atoms with E-state index < -0.39 is 0 Å². The molecule has 1 aromatic rings. The van der Waals surface area contributed by atoms with E-state index in [9.17, 15) is 4.39 Å². The summed E-state index contributed by atoms with van der Waals surface area (Å²) in [7, 11) is 0. The van der Waals surface area contributed by atoms with Crippen molar-refractivity contribution in [1.29, 1.82) is 0 Å². The maximum Gasteiger partial charge on any atom is 0.124 e. The smallest absolute Gasteiger partial charge is 0.124 e. The van der Waals surface area contributed by atoms with Crippen molar-refractivity contribution in [3.63, 3.8) is 0 Å². The molecule has 76 valence electrons. The first-order valence-electron chi connectivity index (χ1n) is 4.39. The van der Waals surface area contributed by atoms with Crippen molar-refractivity contribution in [2.75, 3.05) is 12.3 Å². The van der Waals surface area contributed by atoms with Crippen LogP contribution in [0.1, 0.15) is 6.92 Å². The number of nitrogens with two attached hydrogens (primary N) is 1. The summed E-state index contributed by atoms with van der Waals surface area (Å²) in [6.07, 6.45) is 0. The molecule has 0 radical (unpaired) electrons. The zero-order chi connectivity index (χ0) is 10.4. The lowest BCUT2D eigenvalue weighted by molar-refractivity contribution is 0.624. The van der Waals surface area contributed by atoms with Crippen LogP contribution >= 0.6 is 11.8 Å². The Bertz CT molecular complexity index is 326. The Balaban J connectivity index is 2.49. The second-order valence-corrected chi connectivity index (χ2v) is 3.76. The number of hydrogen-bond acceptors (Lipinski definition) is 2. The molecule has 0 heterocycles. The molecule has 0 aromatic heterocycles. The lowest BCUT2D eigenvalue weighted by Crippen LogP contribution is -2.14. The van der Waals surface area contributed by atoms with Crippen LogP contribution in [0.5, 0.6) is 0 Å². The van der Waals surface area contributed by atoms with Crippen LogP contribution in [0.2, 0.25) is 0 Å². The average molecular weight is 212 g/mol. The summed E-state index contributed by atoms with van der Waals surface area (Å²) in [6, 6.07) is 6.45. The molecule has 0 atom stereocenters. The van der Waals surface area contributed by atoms with Gasteiger partial charge in [0.1, 0.15) is 11.7 Å². The fourth-order valence-corrected chi connectivity index (χ4v) is 1.74. The Kier molecular flexibility index (Phi) is 4.46. The zero-order valence-electron chi connectivity index (χ0n) is 8.03. The summed E-state index contributed by atoms with van der Waals surface area (Å²) in [5, 5.41) is 0. The van der Waals surface area contributed by atoms with Crippen LogP contribution in [0, 0.1) is 5.82 Å². The van der Waals surface area contributed by atoms with Crippen molar-refractivity contribution in [1.82, 2.24) is 0 Å². The lowest BCUT2D eigenvalue weighted by Gasteiger charge is -2.01. The van der Waals surface area contributed by atoms with E-state index in [0.717, 1.165) is 4.90 Å². The summed E-state index contributed by atoms with van der Waals surface area (Å²) in [4.78, 5) is 4.92. The molecule has 0 aliphatic rings. The zero-order valence-corrected chi connectivity index (χ0v) is 8.85. The molecular formula is C10H13FN2S. The van der Waals surface area contributed by atoms with E-state index in [-0.39, 0.29) is 5.82 Å². The van der Waals surface area contributed by atoms with Gasteiger partial charge in [-0.3, -0.25) is 4.99 Å². The van der Waals surface area contributed by atoms with Crippen LogP contribution in [0.3, 0.4) is 0 Å². The third-order valence-electron chi connectivity index (χ3n) is 1.54. The highest BCUT2D eigenvalue weighted by molar-refractivity contribution is 8.00. The van der Waals surface area contributed by atoms with Gasteiger partial charge in [-0.15, -0.1) is 11.8 Å². The number of thioether (sulfide) groups is 1. The van der Waals surface area contributed by atoms with Crippen LogP contribution in [0.25, 0.3) is 0 Å². The predicted molar refractivity (Wildman–Crippen MR) is 59.3 cm³/mol. The van der Waals surface area contributed by atoms with Gasteiger partial charge in [-0.1, -0.05) is 6.07 Å². The standard InChI is InChI=1S/C10H13FN2S/c1-2-13-10(12)7-14-9-5-3-4-8(11)6-9/h3-6H,2,7H2,1H3,(H2,12,13). The number of nitrogens with zero attached hydrogens (tertiary/aromatic N) is 1. The van der Waals surface area contributed by atoms with E-state index >= 15 is 0 Å². The van der Waals surface area contributed by atoms with Gasteiger partial charge in [-0.2, -0.15) is 0 Å². The molecule has 4 heteroatoms. The Morgan fingerprint density at radius 3 is 3.00 bits per heavy atom. The van der Waals surface area contributed by atoms with Crippen molar-refractivity contribution in [2.45, 2.75) is 11.8 Å². The summed E-state index contributed by atoms with van der Waals surface area (Å²) < 4.78 is 12.8. The number of amidine groups is 1. The summed E-state index contributed by atoms with van der Waals surface area (Å²) >= 11 is 1.49. The first-order chi connectivity index (χ1) is 6.72. The van der Waals surface area contributed by atoms with E-state index in [2.05, 4.69) is 4.99 Å². The van der Waals surface area contributed by atoms with Gasteiger partial charge >= 0.3 is 0 Å². The van der Waals surface area contributed by atoms with Crippen molar-refractivity contribution in [2.24, 2.45) is 10.7 Å². The first-order valence-corrected chi connectivity index (χ1v) is 5.38. The average Bonchev–Trinajstić information content (AvgIpc) is 2.15. The van der Waals surface area contributed by atoms with Gasteiger partial charge in [0.2, 0.25) is 0 Å². The highest BCUT2D eigenvalue weighted by atomic mass is 32.2. The largest absolute Gasteiger partial charge is 0.387 e. The van der Waals surface area contributed by atoms with Gasteiger partial charge in [-0.05, 0) is 25.1 Å². The van der Waals surface area contributed by atoms with Crippen LogP contribution in [-0.2, 0) is 0 Å². The Labute approximate surface area is 87.4 Å². The fraction of sp³-hybridized carbons (Fsp3) is 0.300. The van der Waals surface area contributed by atoms with Crippen molar-refractivity contribution >= 4 is 17.6 Å². The van der Waals surface area contributed by atoms with Gasteiger partial charge in [0.15, 0.2) is 0 Å². The molecule has 0 bridgehead atoms. The van der Waals surface area contributed by atoms with E-state index in [1.54, 1.807) is 6.07 Å². The Hall–Kier alpha value is -1.03. The van der Waals surface area contributed by atoms with Gasteiger partial charge < -0.3 is 5.73 Å². The predicted octanol–water partition coefficient (Wildman–Crippen LogP) is 2.29. The van der Waals surface area contributed by atoms with Gasteiger partial charge in [0.25, 0.3) is 0 Å². The molecule has 0 aliphatic heterocycles. The van der Waals surface area contributed by atoms with Crippen LogP contribution < -0.4 is 5.73 Å². The number of hydrogen-bond donors (Lipinski definition) is 1. The fourth-order valence-electron chi connectivity index (χ4n) is 0.963. The third kappa shape index (κ3) is 3.79. The third-order valence-corrected chi connectivity index (χ3v) is 2.57. The molecule has 0 saturated carbocycles. The second kappa shape index (κ2) is 5.65. The van der Waals surface area contributed by atoms with Crippen molar-refractivity contribution in [3.05, 3.63) is 30.1 Å². The molecule has 1 rings (SSSR count). The first kappa shape index (κ1) is 11.0. The van der Waals surface area contributed by atoms with E-state index in [1.807, 2.05) is 13.0 Å².